The first kappa shape index (κ1) is 7.95. The number of halogens is 1. The summed E-state index contributed by atoms with van der Waals surface area (Å²) < 4.78 is 13.4. The van der Waals surface area contributed by atoms with Gasteiger partial charge in [-0.1, -0.05) is 6.92 Å². The molecule has 1 saturated heterocycles. The van der Waals surface area contributed by atoms with Crippen molar-refractivity contribution >= 4 is 0 Å². The molecule has 0 aromatic rings. The van der Waals surface area contributed by atoms with Gasteiger partial charge in [-0.15, -0.1) is 0 Å². The van der Waals surface area contributed by atoms with E-state index in [9.17, 15) is 9.50 Å². The number of alkyl halides is 1. The second-order valence-electron chi connectivity index (χ2n) is 2.87. The topological polar surface area (TPSA) is 32.3 Å². The molecule has 0 aromatic heterocycles. The fourth-order valence-electron chi connectivity index (χ4n) is 1.27. The fraction of sp³-hybridized carbons (Fsp3) is 1.00. The van der Waals surface area contributed by atoms with E-state index in [2.05, 4.69) is 5.32 Å². The highest BCUT2D eigenvalue weighted by Gasteiger charge is 2.38. The lowest BCUT2D eigenvalue weighted by Gasteiger charge is -2.33. The summed E-state index contributed by atoms with van der Waals surface area (Å²) >= 11 is 0. The average molecular weight is 147 g/mol. The Hall–Kier alpha value is -0.150. The first-order chi connectivity index (χ1) is 4.69. The zero-order valence-electron chi connectivity index (χ0n) is 6.23. The molecule has 0 spiro atoms. The first-order valence-electron chi connectivity index (χ1n) is 3.77. The molecule has 1 aliphatic heterocycles. The Labute approximate surface area is 60.4 Å². The van der Waals surface area contributed by atoms with Gasteiger partial charge in [0.1, 0.15) is 5.67 Å². The molecule has 1 aliphatic rings. The van der Waals surface area contributed by atoms with Crippen LogP contribution in [0, 0.1) is 0 Å². The van der Waals surface area contributed by atoms with E-state index in [1.54, 1.807) is 6.92 Å². The van der Waals surface area contributed by atoms with Crippen molar-refractivity contribution in [1.29, 1.82) is 0 Å². The third-order valence-electron chi connectivity index (χ3n) is 2.20. The molecule has 60 valence electrons. The van der Waals surface area contributed by atoms with Crippen LogP contribution in [0.15, 0.2) is 0 Å². The van der Waals surface area contributed by atoms with Crippen LogP contribution < -0.4 is 5.32 Å². The minimum Gasteiger partial charge on any atom is -0.390 e. The predicted octanol–water partition coefficient (Wildman–Crippen LogP) is 0.459. The smallest absolute Gasteiger partial charge is 0.148 e. The quantitative estimate of drug-likeness (QED) is 0.564. The lowest BCUT2D eigenvalue weighted by atomic mass is 9.90. The molecular weight excluding hydrogens is 133 g/mol. The molecule has 0 radical (unpaired) electrons. The summed E-state index contributed by atoms with van der Waals surface area (Å²) in [5.74, 6) is 0. The second-order valence-corrected chi connectivity index (χ2v) is 2.87. The molecule has 3 heteroatoms. The Morgan fingerprint density at radius 2 is 2.50 bits per heavy atom. The summed E-state index contributed by atoms with van der Waals surface area (Å²) in [6.45, 7) is 2.79. The van der Waals surface area contributed by atoms with Crippen molar-refractivity contribution in [1.82, 2.24) is 5.32 Å². The molecule has 1 fully saturated rings. The third kappa shape index (κ3) is 1.30. The molecule has 1 rings (SSSR count). The molecular formula is C7H14FNO. The van der Waals surface area contributed by atoms with Crippen molar-refractivity contribution in [3.05, 3.63) is 0 Å². The van der Waals surface area contributed by atoms with Gasteiger partial charge in [0, 0.05) is 6.54 Å². The lowest BCUT2D eigenvalue weighted by molar-refractivity contribution is -0.0316. The zero-order chi connectivity index (χ0) is 7.61. The summed E-state index contributed by atoms with van der Waals surface area (Å²) in [4.78, 5) is 0. The Bertz CT molecular complexity index is 120. The van der Waals surface area contributed by atoms with Gasteiger partial charge in [0.05, 0.1) is 6.10 Å². The van der Waals surface area contributed by atoms with Crippen LogP contribution in [0.3, 0.4) is 0 Å². The zero-order valence-corrected chi connectivity index (χ0v) is 6.23. The Kier molecular flexibility index (Phi) is 2.26. The van der Waals surface area contributed by atoms with Gasteiger partial charge in [-0.2, -0.15) is 0 Å². The summed E-state index contributed by atoms with van der Waals surface area (Å²) in [6.07, 6.45) is 0.157. The molecule has 0 aliphatic carbocycles. The molecule has 10 heavy (non-hydrogen) atoms. The van der Waals surface area contributed by atoms with Crippen LogP contribution in [0.1, 0.15) is 19.8 Å². The number of aliphatic hydroxyl groups is 1. The standard InChI is InChI=1S/C7H14FNO/c1-2-7(8)5-9-4-3-6(7)10/h6,9-10H,2-5H2,1H3/t6?,7-/m1/s1. The monoisotopic (exact) mass is 147 g/mol. The maximum atomic E-state index is 13.4. The first-order valence-corrected chi connectivity index (χ1v) is 3.77. The molecule has 0 bridgehead atoms. The largest absolute Gasteiger partial charge is 0.390 e. The summed E-state index contributed by atoms with van der Waals surface area (Å²) in [6, 6.07) is 0. The lowest BCUT2D eigenvalue weighted by Crippen LogP contribution is -2.51. The summed E-state index contributed by atoms with van der Waals surface area (Å²) in [5, 5.41) is 12.1. The summed E-state index contributed by atoms with van der Waals surface area (Å²) in [7, 11) is 0. The van der Waals surface area contributed by atoms with Crippen molar-refractivity contribution in [3.63, 3.8) is 0 Å². The van der Waals surface area contributed by atoms with E-state index in [0.29, 0.717) is 19.4 Å². The molecule has 1 unspecified atom stereocenters. The van der Waals surface area contributed by atoms with Crippen LogP contribution >= 0.6 is 0 Å². The normalized spacial score (nSPS) is 41.7. The van der Waals surface area contributed by atoms with Gasteiger partial charge >= 0.3 is 0 Å². The van der Waals surface area contributed by atoms with E-state index >= 15 is 0 Å². The number of piperidine rings is 1. The Morgan fingerprint density at radius 3 is 2.90 bits per heavy atom. The Balaban J connectivity index is 2.54. The van der Waals surface area contributed by atoms with Crippen molar-refractivity contribution in [2.45, 2.75) is 31.5 Å². The maximum absolute atomic E-state index is 13.4. The summed E-state index contributed by atoms with van der Waals surface area (Å²) in [5.41, 5.74) is -1.38. The van der Waals surface area contributed by atoms with Gasteiger partial charge in [0.25, 0.3) is 0 Å². The van der Waals surface area contributed by atoms with Crippen LogP contribution in [0.25, 0.3) is 0 Å². The van der Waals surface area contributed by atoms with Gasteiger partial charge in [0.15, 0.2) is 0 Å². The van der Waals surface area contributed by atoms with Gasteiger partial charge in [-0.25, -0.2) is 4.39 Å². The predicted molar refractivity (Wildman–Crippen MR) is 37.6 cm³/mol. The SMILES string of the molecule is CC[C@@]1(F)CNCCC1O. The highest BCUT2D eigenvalue weighted by Crippen LogP contribution is 2.24. The number of aliphatic hydroxyl groups excluding tert-OH is 1. The molecule has 0 saturated carbocycles. The number of rotatable bonds is 1. The van der Waals surface area contributed by atoms with Gasteiger partial charge < -0.3 is 10.4 Å². The minimum atomic E-state index is -1.38. The van der Waals surface area contributed by atoms with Crippen molar-refractivity contribution in [2.75, 3.05) is 13.1 Å². The average Bonchev–Trinajstić information content (AvgIpc) is 1.96. The number of hydrogen-bond acceptors (Lipinski definition) is 2. The third-order valence-corrected chi connectivity index (χ3v) is 2.20. The number of hydrogen-bond donors (Lipinski definition) is 2. The molecule has 1 heterocycles. The van der Waals surface area contributed by atoms with Crippen molar-refractivity contribution in [2.24, 2.45) is 0 Å². The van der Waals surface area contributed by atoms with E-state index < -0.39 is 11.8 Å². The van der Waals surface area contributed by atoms with Crippen molar-refractivity contribution < 1.29 is 9.50 Å². The minimum absolute atomic E-state index is 0.296. The van der Waals surface area contributed by atoms with Crippen LogP contribution in [-0.2, 0) is 0 Å². The molecule has 0 aromatic carbocycles. The van der Waals surface area contributed by atoms with Gasteiger partial charge in [-0.3, -0.25) is 0 Å². The van der Waals surface area contributed by atoms with Crippen LogP contribution in [-0.4, -0.2) is 30.0 Å². The van der Waals surface area contributed by atoms with E-state index in [0.717, 1.165) is 6.54 Å². The second kappa shape index (κ2) is 2.84. The van der Waals surface area contributed by atoms with Crippen LogP contribution in [0.2, 0.25) is 0 Å². The molecule has 2 nitrogen and oxygen atoms in total. The maximum Gasteiger partial charge on any atom is 0.148 e. The van der Waals surface area contributed by atoms with Crippen molar-refractivity contribution in [3.8, 4) is 0 Å². The number of nitrogens with one attached hydrogen (secondary N) is 1. The fourth-order valence-corrected chi connectivity index (χ4v) is 1.27. The molecule has 2 atom stereocenters. The van der Waals surface area contributed by atoms with E-state index in [-0.39, 0.29) is 0 Å². The van der Waals surface area contributed by atoms with E-state index in [1.165, 1.54) is 0 Å². The van der Waals surface area contributed by atoms with Crippen LogP contribution in [0.5, 0.6) is 0 Å². The van der Waals surface area contributed by atoms with Gasteiger partial charge in [0.2, 0.25) is 0 Å². The van der Waals surface area contributed by atoms with E-state index in [4.69, 9.17) is 0 Å². The van der Waals surface area contributed by atoms with Gasteiger partial charge in [-0.05, 0) is 19.4 Å². The van der Waals surface area contributed by atoms with Crippen LogP contribution in [0.4, 0.5) is 4.39 Å². The molecule has 0 amide bonds. The van der Waals surface area contributed by atoms with E-state index in [1.807, 2.05) is 0 Å². The Morgan fingerprint density at radius 1 is 1.80 bits per heavy atom. The molecule has 2 N–H and O–H groups in total. The highest BCUT2D eigenvalue weighted by atomic mass is 19.1. The highest BCUT2D eigenvalue weighted by molar-refractivity contribution is 4.91.